The number of anilines is 1. The number of thiophene rings is 1. The number of rotatable bonds is 5. The minimum absolute atomic E-state index is 0.294. The number of ether oxygens (including phenoxy) is 3. The van der Waals surface area contributed by atoms with E-state index in [-0.39, 0.29) is 5.91 Å². The molecule has 160 valence electrons. The number of nitrogens with one attached hydrogen (secondary N) is 2. The number of carbonyl (C=O) groups excluding carboxylic acids is 3. The SMILES string of the molecule is CNC(=O)c1c(NC(=O)c2cc(OC)cc(OC)c2)sc2c1CCN(C(=O)OC)C2. The van der Waals surface area contributed by atoms with Crippen LogP contribution >= 0.6 is 11.3 Å². The van der Waals surface area contributed by atoms with Crippen molar-refractivity contribution in [1.29, 1.82) is 0 Å². The fourth-order valence-corrected chi connectivity index (χ4v) is 4.51. The number of amides is 3. The van der Waals surface area contributed by atoms with Crippen LogP contribution in [-0.4, -0.2) is 57.7 Å². The lowest BCUT2D eigenvalue weighted by Crippen LogP contribution is -2.35. The smallest absolute Gasteiger partial charge is 0.409 e. The summed E-state index contributed by atoms with van der Waals surface area (Å²) in [4.78, 5) is 39.7. The van der Waals surface area contributed by atoms with E-state index in [1.54, 1.807) is 23.1 Å². The Balaban J connectivity index is 1.94. The van der Waals surface area contributed by atoms with Crippen molar-refractivity contribution in [3.05, 3.63) is 39.8 Å². The van der Waals surface area contributed by atoms with Crippen LogP contribution in [0.3, 0.4) is 0 Å². The molecule has 0 spiro atoms. The zero-order chi connectivity index (χ0) is 21.8. The fraction of sp³-hybridized carbons (Fsp3) is 0.350. The molecule has 0 aliphatic carbocycles. The molecule has 1 aromatic heterocycles. The van der Waals surface area contributed by atoms with Crippen molar-refractivity contribution in [2.75, 3.05) is 40.2 Å². The first-order valence-electron chi connectivity index (χ1n) is 9.15. The number of carbonyl (C=O) groups is 3. The van der Waals surface area contributed by atoms with E-state index in [2.05, 4.69) is 10.6 Å². The maximum absolute atomic E-state index is 12.9. The minimum atomic E-state index is -0.426. The molecule has 2 aromatic rings. The van der Waals surface area contributed by atoms with Gasteiger partial charge in [0, 0.05) is 30.1 Å². The summed E-state index contributed by atoms with van der Waals surface area (Å²) >= 11 is 1.28. The molecule has 1 aromatic carbocycles. The first-order chi connectivity index (χ1) is 14.4. The topological polar surface area (TPSA) is 106 Å². The molecule has 2 N–H and O–H groups in total. The summed E-state index contributed by atoms with van der Waals surface area (Å²) in [7, 11) is 5.87. The molecule has 1 aliphatic heterocycles. The van der Waals surface area contributed by atoms with E-state index in [0.29, 0.717) is 47.1 Å². The molecule has 0 atom stereocenters. The van der Waals surface area contributed by atoms with E-state index in [1.807, 2.05) is 0 Å². The van der Waals surface area contributed by atoms with Crippen molar-refractivity contribution >= 4 is 34.2 Å². The van der Waals surface area contributed by atoms with Crippen molar-refractivity contribution in [3.8, 4) is 11.5 Å². The quantitative estimate of drug-likeness (QED) is 0.751. The lowest BCUT2D eigenvalue weighted by Gasteiger charge is -2.25. The summed E-state index contributed by atoms with van der Waals surface area (Å²) in [5.41, 5.74) is 1.58. The molecular weight excluding hydrogens is 410 g/mol. The van der Waals surface area contributed by atoms with Crippen molar-refractivity contribution in [2.45, 2.75) is 13.0 Å². The minimum Gasteiger partial charge on any atom is -0.497 e. The van der Waals surface area contributed by atoms with E-state index < -0.39 is 12.0 Å². The van der Waals surface area contributed by atoms with Crippen LogP contribution in [0.25, 0.3) is 0 Å². The fourth-order valence-electron chi connectivity index (χ4n) is 3.26. The van der Waals surface area contributed by atoms with Gasteiger partial charge in [0.15, 0.2) is 0 Å². The molecule has 30 heavy (non-hydrogen) atoms. The highest BCUT2D eigenvalue weighted by Crippen LogP contribution is 2.37. The molecule has 9 nitrogen and oxygen atoms in total. The van der Waals surface area contributed by atoms with Crippen LogP contribution in [-0.2, 0) is 17.7 Å². The molecule has 0 bridgehead atoms. The van der Waals surface area contributed by atoms with E-state index in [9.17, 15) is 14.4 Å². The Labute approximate surface area is 177 Å². The molecule has 10 heteroatoms. The van der Waals surface area contributed by atoms with Crippen molar-refractivity contribution in [3.63, 3.8) is 0 Å². The predicted octanol–water partition coefficient (Wildman–Crippen LogP) is 2.50. The molecular formula is C20H23N3O6S. The van der Waals surface area contributed by atoms with Crippen LogP contribution < -0.4 is 20.1 Å². The van der Waals surface area contributed by atoms with Gasteiger partial charge in [-0.1, -0.05) is 0 Å². The Hall–Kier alpha value is -3.27. The lowest BCUT2D eigenvalue weighted by molar-refractivity contribution is 0.0962. The van der Waals surface area contributed by atoms with Gasteiger partial charge in [-0.05, 0) is 24.1 Å². The number of hydrogen-bond donors (Lipinski definition) is 2. The van der Waals surface area contributed by atoms with Gasteiger partial charge in [0.25, 0.3) is 11.8 Å². The maximum Gasteiger partial charge on any atom is 0.409 e. The van der Waals surface area contributed by atoms with Gasteiger partial charge in [0.2, 0.25) is 0 Å². The third-order valence-corrected chi connectivity index (χ3v) is 5.92. The van der Waals surface area contributed by atoms with Gasteiger partial charge in [-0.15, -0.1) is 11.3 Å². The number of fused-ring (bicyclic) bond motifs is 1. The third-order valence-electron chi connectivity index (χ3n) is 4.78. The zero-order valence-electron chi connectivity index (χ0n) is 17.2. The second-order valence-corrected chi connectivity index (χ2v) is 7.59. The van der Waals surface area contributed by atoms with Gasteiger partial charge >= 0.3 is 6.09 Å². The molecule has 2 heterocycles. The van der Waals surface area contributed by atoms with Gasteiger partial charge in [-0.3, -0.25) is 9.59 Å². The Bertz CT molecular complexity index is 965. The largest absolute Gasteiger partial charge is 0.497 e. The summed E-state index contributed by atoms with van der Waals surface area (Å²) in [6, 6.07) is 4.84. The van der Waals surface area contributed by atoms with E-state index in [4.69, 9.17) is 14.2 Å². The second-order valence-electron chi connectivity index (χ2n) is 6.48. The Morgan fingerprint density at radius 1 is 1.03 bits per heavy atom. The van der Waals surface area contributed by atoms with Crippen molar-refractivity contribution < 1.29 is 28.6 Å². The first-order valence-corrected chi connectivity index (χ1v) is 9.97. The Morgan fingerprint density at radius 3 is 2.27 bits per heavy atom. The first kappa shape index (κ1) is 21.4. The van der Waals surface area contributed by atoms with E-state index >= 15 is 0 Å². The van der Waals surface area contributed by atoms with E-state index in [0.717, 1.165) is 10.4 Å². The summed E-state index contributed by atoms with van der Waals surface area (Å²) in [5.74, 6) is 0.258. The van der Waals surface area contributed by atoms with Gasteiger partial charge in [0.1, 0.15) is 16.5 Å². The predicted molar refractivity (Wildman–Crippen MR) is 112 cm³/mol. The molecule has 0 radical (unpaired) electrons. The summed E-state index contributed by atoms with van der Waals surface area (Å²) in [6.07, 6.45) is 0.0663. The summed E-state index contributed by atoms with van der Waals surface area (Å²) in [5, 5.41) is 5.89. The molecule has 1 aliphatic rings. The normalized spacial score (nSPS) is 12.6. The monoisotopic (exact) mass is 433 g/mol. The summed E-state index contributed by atoms with van der Waals surface area (Å²) in [6.45, 7) is 0.750. The second kappa shape index (κ2) is 9.04. The van der Waals surface area contributed by atoms with Crippen molar-refractivity contribution in [2.24, 2.45) is 0 Å². The third kappa shape index (κ3) is 4.18. The standard InChI is InChI=1S/C20H23N3O6S/c1-21-18(25)16-14-5-6-23(20(26)29-4)10-15(14)30-19(16)22-17(24)11-7-12(27-2)9-13(8-11)28-3/h7-9H,5-6,10H2,1-4H3,(H,21,25)(H,22,24). The Kier molecular flexibility index (Phi) is 6.46. The van der Waals surface area contributed by atoms with Gasteiger partial charge < -0.3 is 29.7 Å². The molecule has 3 amide bonds. The molecule has 3 rings (SSSR count). The molecule has 0 saturated heterocycles. The number of hydrogen-bond acceptors (Lipinski definition) is 7. The Morgan fingerprint density at radius 2 is 1.70 bits per heavy atom. The average Bonchev–Trinajstić information content (AvgIpc) is 3.14. The number of nitrogens with zero attached hydrogens (tertiary/aromatic N) is 1. The van der Waals surface area contributed by atoms with Crippen LogP contribution in [0.4, 0.5) is 9.80 Å². The van der Waals surface area contributed by atoms with Crippen LogP contribution in [0.2, 0.25) is 0 Å². The lowest BCUT2D eigenvalue weighted by atomic mass is 10.0. The van der Waals surface area contributed by atoms with Gasteiger partial charge in [-0.2, -0.15) is 0 Å². The molecule has 0 saturated carbocycles. The zero-order valence-corrected chi connectivity index (χ0v) is 18.0. The maximum atomic E-state index is 12.9. The number of benzene rings is 1. The van der Waals surface area contributed by atoms with Crippen LogP contribution in [0.5, 0.6) is 11.5 Å². The summed E-state index contributed by atoms with van der Waals surface area (Å²) < 4.78 is 15.2. The average molecular weight is 433 g/mol. The van der Waals surface area contributed by atoms with Gasteiger partial charge in [0.05, 0.1) is 33.4 Å². The highest BCUT2D eigenvalue weighted by molar-refractivity contribution is 7.17. The van der Waals surface area contributed by atoms with Crippen LogP contribution in [0.15, 0.2) is 18.2 Å². The van der Waals surface area contributed by atoms with Crippen LogP contribution in [0.1, 0.15) is 31.2 Å². The van der Waals surface area contributed by atoms with Crippen molar-refractivity contribution in [1.82, 2.24) is 10.2 Å². The van der Waals surface area contributed by atoms with Crippen LogP contribution in [0, 0.1) is 0 Å². The highest BCUT2D eigenvalue weighted by atomic mass is 32.1. The highest BCUT2D eigenvalue weighted by Gasteiger charge is 2.30. The molecule has 0 fully saturated rings. The number of methoxy groups -OCH3 is 3. The van der Waals surface area contributed by atoms with E-state index in [1.165, 1.54) is 39.7 Å². The van der Waals surface area contributed by atoms with Gasteiger partial charge in [-0.25, -0.2) is 4.79 Å². The molecule has 0 unspecified atom stereocenters.